The lowest BCUT2D eigenvalue weighted by Gasteiger charge is -2.16. The number of hydrogen-bond acceptors (Lipinski definition) is 7. The van der Waals surface area contributed by atoms with E-state index in [-0.39, 0.29) is 35.0 Å². The Morgan fingerprint density at radius 1 is 1.26 bits per heavy atom. The molecule has 1 amide bonds. The standard InChI is InChI=1S/C25H28FN5O3S/c1-16-10-19(31-35-8-2-3-9-35)12-21-24(16)25(28-15-27-21)30-20-5-4-17(26)11-22(20)34-14-23(32)29-18-6-7-33-13-18/h4-5,10-12,15,18H,2-3,6-9,13-14H2,1H3,(H,29,32)(H,27,28,30)/t18-/m0/s1. The molecular weight excluding hydrogens is 469 g/mol. The van der Waals surface area contributed by atoms with Crippen LogP contribution in [0.4, 0.5) is 21.6 Å². The van der Waals surface area contributed by atoms with E-state index in [2.05, 4.69) is 26.7 Å². The fourth-order valence-corrected chi connectivity index (χ4v) is 6.17. The van der Waals surface area contributed by atoms with Gasteiger partial charge in [-0.1, -0.05) is 10.7 Å². The van der Waals surface area contributed by atoms with Gasteiger partial charge in [-0.25, -0.2) is 18.7 Å². The van der Waals surface area contributed by atoms with Crippen LogP contribution in [0, 0.1) is 12.7 Å². The molecule has 2 aliphatic heterocycles. The first-order valence-electron chi connectivity index (χ1n) is 11.8. The number of benzene rings is 2. The van der Waals surface area contributed by atoms with Crippen molar-refractivity contribution in [1.82, 2.24) is 15.3 Å². The predicted molar refractivity (Wildman–Crippen MR) is 135 cm³/mol. The van der Waals surface area contributed by atoms with Gasteiger partial charge in [-0.3, -0.25) is 4.79 Å². The van der Waals surface area contributed by atoms with E-state index in [1.54, 1.807) is 6.07 Å². The molecule has 2 aromatic carbocycles. The van der Waals surface area contributed by atoms with Gasteiger partial charge in [-0.15, -0.1) is 0 Å². The van der Waals surface area contributed by atoms with E-state index in [0.717, 1.165) is 40.1 Å². The Morgan fingerprint density at radius 3 is 2.91 bits per heavy atom. The van der Waals surface area contributed by atoms with E-state index in [9.17, 15) is 9.18 Å². The number of anilines is 2. The smallest absolute Gasteiger partial charge is 0.258 e. The van der Waals surface area contributed by atoms with E-state index in [4.69, 9.17) is 13.8 Å². The van der Waals surface area contributed by atoms with Gasteiger partial charge in [-0.05, 0) is 56.0 Å². The molecule has 0 saturated carbocycles. The fraction of sp³-hybridized carbons (Fsp3) is 0.400. The van der Waals surface area contributed by atoms with Gasteiger partial charge >= 0.3 is 0 Å². The van der Waals surface area contributed by atoms with Gasteiger partial charge < -0.3 is 20.1 Å². The summed E-state index contributed by atoms with van der Waals surface area (Å²) in [6.07, 6.45) is 4.75. The summed E-state index contributed by atoms with van der Waals surface area (Å²) in [4.78, 5) is 21.2. The van der Waals surface area contributed by atoms with Crippen molar-refractivity contribution in [2.24, 2.45) is 4.36 Å². The highest BCUT2D eigenvalue weighted by Gasteiger charge is 2.19. The van der Waals surface area contributed by atoms with Crippen molar-refractivity contribution in [2.45, 2.75) is 32.2 Å². The molecule has 0 unspecified atom stereocenters. The summed E-state index contributed by atoms with van der Waals surface area (Å²) in [5.41, 5.74) is 3.22. The van der Waals surface area contributed by atoms with Crippen molar-refractivity contribution >= 4 is 44.7 Å². The first-order valence-corrected chi connectivity index (χ1v) is 13.3. The molecule has 3 aromatic rings. The number of fused-ring (bicyclic) bond motifs is 1. The second-order valence-electron chi connectivity index (χ2n) is 8.73. The molecule has 2 N–H and O–H groups in total. The minimum absolute atomic E-state index is 0.0163. The Bertz CT molecular complexity index is 1270. The second-order valence-corrected chi connectivity index (χ2v) is 10.7. The van der Waals surface area contributed by atoms with Crippen LogP contribution >= 0.6 is 0 Å². The van der Waals surface area contributed by atoms with Crippen LogP contribution in [0.1, 0.15) is 24.8 Å². The highest BCUT2D eigenvalue weighted by molar-refractivity contribution is 7.87. The summed E-state index contributed by atoms with van der Waals surface area (Å²) in [5.74, 6) is 2.38. The van der Waals surface area contributed by atoms with Crippen molar-refractivity contribution < 1.29 is 18.7 Å². The molecule has 1 aromatic heterocycles. The predicted octanol–water partition coefficient (Wildman–Crippen LogP) is 4.33. The Labute approximate surface area is 205 Å². The average Bonchev–Trinajstić information content (AvgIpc) is 3.53. The van der Waals surface area contributed by atoms with Crippen LogP contribution in [0.2, 0.25) is 0 Å². The van der Waals surface area contributed by atoms with Gasteiger partial charge in [0.1, 0.15) is 23.7 Å². The number of hydrogen-bond donors (Lipinski definition) is 2. The molecule has 2 saturated heterocycles. The Balaban J connectivity index is 1.37. The van der Waals surface area contributed by atoms with Gasteiger partial charge in [0.15, 0.2) is 6.61 Å². The lowest BCUT2D eigenvalue weighted by Crippen LogP contribution is -2.38. The van der Waals surface area contributed by atoms with Crippen LogP contribution in [0.25, 0.3) is 10.9 Å². The number of ether oxygens (including phenoxy) is 2. The molecule has 184 valence electrons. The van der Waals surface area contributed by atoms with Gasteiger partial charge in [0.25, 0.3) is 5.91 Å². The summed E-state index contributed by atoms with van der Waals surface area (Å²) >= 11 is 0. The third-order valence-electron chi connectivity index (χ3n) is 6.01. The molecule has 8 nitrogen and oxygen atoms in total. The second kappa shape index (κ2) is 10.7. The summed E-state index contributed by atoms with van der Waals surface area (Å²) in [6.45, 7) is 2.90. The molecule has 0 aliphatic carbocycles. The molecular formula is C25H28FN5O3S. The van der Waals surface area contributed by atoms with Crippen molar-refractivity contribution in [3.05, 3.63) is 48.0 Å². The van der Waals surface area contributed by atoms with Crippen molar-refractivity contribution in [2.75, 3.05) is 36.6 Å². The minimum Gasteiger partial charge on any atom is -0.481 e. The molecule has 1 atom stereocenters. The lowest BCUT2D eigenvalue weighted by atomic mass is 10.1. The number of nitrogens with zero attached hydrogens (tertiary/aromatic N) is 3. The number of carbonyl (C=O) groups excluding carboxylic acids is 1. The van der Waals surface area contributed by atoms with Crippen molar-refractivity contribution in [3.8, 4) is 5.75 Å². The first kappa shape index (κ1) is 23.6. The summed E-state index contributed by atoms with van der Waals surface area (Å²) < 4.78 is 29.9. The van der Waals surface area contributed by atoms with E-state index in [1.165, 1.54) is 31.3 Å². The topological polar surface area (TPSA) is 97.7 Å². The van der Waals surface area contributed by atoms with E-state index < -0.39 is 5.82 Å². The number of rotatable bonds is 7. The molecule has 2 aliphatic rings. The molecule has 2 fully saturated rings. The molecule has 0 radical (unpaired) electrons. The van der Waals surface area contributed by atoms with E-state index >= 15 is 0 Å². The van der Waals surface area contributed by atoms with Gasteiger partial charge in [-0.2, -0.15) is 0 Å². The average molecular weight is 498 g/mol. The zero-order valence-corrected chi connectivity index (χ0v) is 20.4. The minimum atomic E-state index is -0.460. The van der Waals surface area contributed by atoms with E-state index in [1.807, 2.05) is 13.0 Å². The summed E-state index contributed by atoms with van der Waals surface area (Å²) in [6, 6.07) is 8.19. The number of amides is 1. The third kappa shape index (κ3) is 5.76. The van der Waals surface area contributed by atoms with Crippen LogP contribution < -0.4 is 15.4 Å². The molecule has 0 bridgehead atoms. The third-order valence-corrected chi connectivity index (χ3v) is 8.00. The summed E-state index contributed by atoms with van der Waals surface area (Å²) in [7, 11) is 0.0943. The Kier molecular flexibility index (Phi) is 7.19. The van der Waals surface area contributed by atoms with Crippen LogP contribution in [0.3, 0.4) is 0 Å². The molecule has 5 rings (SSSR count). The lowest BCUT2D eigenvalue weighted by molar-refractivity contribution is -0.123. The maximum Gasteiger partial charge on any atom is 0.258 e. The van der Waals surface area contributed by atoms with Gasteiger partial charge in [0, 0.05) is 29.6 Å². The molecule has 35 heavy (non-hydrogen) atoms. The van der Waals surface area contributed by atoms with Crippen LogP contribution in [0.5, 0.6) is 5.75 Å². The maximum absolute atomic E-state index is 14.0. The largest absolute Gasteiger partial charge is 0.481 e. The molecule has 0 spiro atoms. The fourth-order valence-electron chi connectivity index (χ4n) is 4.31. The Hall–Kier alpha value is -3.11. The number of aromatic nitrogens is 2. The van der Waals surface area contributed by atoms with Crippen LogP contribution in [-0.2, 0) is 20.2 Å². The number of carbonyl (C=O) groups is 1. The Morgan fingerprint density at radius 2 is 2.11 bits per heavy atom. The normalized spacial score (nSPS) is 18.1. The van der Waals surface area contributed by atoms with Crippen molar-refractivity contribution in [3.63, 3.8) is 0 Å². The zero-order chi connectivity index (χ0) is 24.2. The number of nitrogens with one attached hydrogen (secondary N) is 2. The highest BCUT2D eigenvalue weighted by Crippen LogP contribution is 2.34. The van der Waals surface area contributed by atoms with Crippen molar-refractivity contribution in [1.29, 1.82) is 0 Å². The first-order chi connectivity index (χ1) is 17.0. The molecule has 3 heterocycles. The quantitative estimate of drug-likeness (QED) is 0.504. The summed E-state index contributed by atoms with van der Waals surface area (Å²) in [5, 5.41) is 6.97. The zero-order valence-electron chi connectivity index (χ0n) is 19.6. The number of halogens is 1. The highest BCUT2D eigenvalue weighted by atomic mass is 32.2. The number of aryl methyl sites for hydroxylation is 1. The van der Waals surface area contributed by atoms with Gasteiger partial charge in [0.05, 0.1) is 29.5 Å². The monoisotopic (exact) mass is 497 g/mol. The van der Waals surface area contributed by atoms with Crippen LogP contribution in [0.15, 0.2) is 41.0 Å². The van der Waals surface area contributed by atoms with E-state index in [0.29, 0.717) is 24.7 Å². The maximum atomic E-state index is 14.0. The van der Waals surface area contributed by atoms with Crippen LogP contribution in [-0.4, -0.2) is 53.2 Å². The van der Waals surface area contributed by atoms with Gasteiger partial charge in [0.2, 0.25) is 0 Å². The molecule has 10 heteroatoms. The SMILES string of the molecule is Cc1cc(N=S2CCCC2)cc2ncnc(Nc3ccc(F)cc3OCC(=O)N[C@H]3CCOC3)c12.